The van der Waals surface area contributed by atoms with Crippen molar-refractivity contribution in [2.24, 2.45) is 0 Å². The van der Waals surface area contributed by atoms with Crippen LogP contribution in [-0.4, -0.2) is 68.4 Å². The Morgan fingerprint density at radius 1 is 1.20 bits per heavy atom. The largest absolute Gasteiger partial charge is 0.444 e. The van der Waals surface area contributed by atoms with Gasteiger partial charge in [-0.15, -0.1) is 3.89 Å². The third-order valence-corrected chi connectivity index (χ3v) is 3.66. The van der Waals surface area contributed by atoms with Crippen molar-refractivity contribution in [1.29, 1.82) is 0 Å². The maximum Gasteiger partial charge on any atom is 0.410 e. The molecule has 1 aliphatic heterocycles. The Morgan fingerprint density at radius 3 is 2.20 bits per heavy atom. The summed E-state index contributed by atoms with van der Waals surface area (Å²) in [4.78, 5) is 15.5. The molecule has 0 N–H and O–H groups in total. The summed E-state index contributed by atoms with van der Waals surface area (Å²) in [7, 11) is -4.38. The summed E-state index contributed by atoms with van der Waals surface area (Å²) in [6, 6.07) is 0. The van der Waals surface area contributed by atoms with Crippen molar-refractivity contribution in [3.05, 3.63) is 0 Å². The number of halogens is 1. The molecule has 0 aromatic carbocycles. The van der Waals surface area contributed by atoms with Gasteiger partial charge in [-0.3, -0.25) is 4.90 Å². The van der Waals surface area contributed by atoms with E-state index in [0.717, 1.165) is 0 Å². The Bertz CT molecular complexity index is 425. The van der Waals surface area contributed by atoms with Gasteiger partial charge in [0.15, 0.2) is 0 Å². The molecule has 0 unspecified atom stereocenters. The van der Waals surface area contributed by atoms with Crippen LogP contribution in [0.25, 0.3) is 0 Å². The molecule has 1 amide bonds. The van der Waals surface area contributed by atoms with Crippen molar-refractivity contribution in [1.82, 2.24) is 9.80 Å². The fourth-order valence-corrected chi connectivity index (χ4v) is 2.42. The van der Waals surface area contributed by atoms with Gasteiger partial charge in [0.2, 0.25) is 0 Å². The minimum Gasteiger partial charge on any atom is -0.444 e. The first-order chi connectivity index (χ1) is 9.07. The van der Waals surface area contributed by atoms with Crippen LogP contribution in [0.3, 0.4) is 0 Å². The van der Waals surface area contributed by atoms with Crippen LogP contribution in [0.15, 0.2) is 0 Å². The molecule has 0 aliphatic carbocycles. The van der Waals surface area contributed by atoms with Crippen molar-refractivity contribution in [3.8, 4) is 0 Å². The molecule has 0 aromatic rings. The molecular weight excluding hydrogens is 287 g/mol. The zero-order valence-electron chi connectivity index (χ0n) is 12.3. The summed E-state index contributed by atoms with van der Waals surface area (Å²) >= 11 is 0. The number of ether oxygens (including phenoxy) is 1. The summed E-state index contributed by atoms with van der Waals surface area (Å²) in [6.07, 6.45) is -0.0610. The predicted molar refractivity (Wildman–Crippen MR) is 73.8 cm³/mol. The summed E-state index contributed by atoms with van der Waals surface area (Å²) in [5.74, 6) is -0.445. The summed E-state index contributed by atoms with van der Waals surface area (Å²) in [5, 5.41) is 0. The van der Waals surface area contributed by atoms with Crippen LogP contribution in [0.1, 0.15) is 27.2 Å². The van der Waals surface area contributed by atoms with E-state index in [1.165, 1.54) is 0 Å². The van der Waals surface area contributed by atoms with Gasteiger partial charge in [-0.2, -0.15) is 8.42 Å². The second-order valence-electron chi connectivity index (χ2n) is 5.91. The molecule has 1 aliphatic rings. The van der Waals surface area contributed by atoms with Gasteiger partial charge < -0.3 is 9.64 Å². The van der Waals surface area contributed by atoms with Gasteiger partial charge in [0.25, 0.3) is 0 Å². The first kappa shape index (κ1) is 17.2. The van der Waals surface area contributed by atoms with E-state index in [1.54, 1.807) is 4.90 Å². The maximum atomic E-state index is 12.4. The van der Waals surface area contributed by atoms with Crippen molar-refractivity contribution in [2.75, 3.05) is 38.5 Å². The SMILES string of the molecule is CC(C)(C)OC(=O)N1CCN(CCCS(=O)(=O)F)CC1. The Hall–Kier alpha value is -0.890. The van der Waals surface area contributed by atoms with Crippen LogP contribution in [0.2, 0.25) is 0 Å². The molecule has 0 atom stereocenters. The molecular formula is C12H23FN2O4S. The molecule has 1 heterocycles. The van der Waals surface area contributed by atoms with Crippen LogP contribution in [0, 0.1) is 0 Å². The van der Waals surface area contributed by atoms with E-state index >= 15 is 0 Å². The van der Waals surface area contributed by atoms with Crippen LogP contribution >= 0.6 is 0 Å². The highest BCUT2D eigenvalue weighted by atomic mass is 32.3. The fraction of sp³-hybridized carbons (Fsp3) is 0.917. The highest BCUT2D eigenvalue weighted by Crippen LogP contribution is 2.12. The highest BCUT2D eigenvalue weighted by molar-refractivity contribution is 7.86. The summed E-state index contributed by atoms with van der Waals surface area (Å²) in [5.41, 5.74) is -0.510. The van der Waals surface area contributed by atoms with Crippen LogP contribution in [0.5, 0.6) is 0 Å². The van der Waals surface area contributed by atoms with Crippen molar-refractivity contribution in [3.63, 3.8) is 0 Å². The number of rotatable bonds is 4. The van der Waals surface area contributed by atoms with Crippen molar-refractivity contribution in [2.45, 2.75) is 32.8 Å². The van der Waals surface area contributed by atoms with Gasteiger partial charge in [-0.1, -0.05) is 0 Å². The van der Waals surface area contributed by atoms with Gasteiger partial charge >= 0.3 is 16.3 Å². The van der Waals surface area contributed by atoms with E-state index in [2.05, 4.69) is 0 Å². The van der Waals surface area contributed by atoms with E-state index in [-0.39, 0.29) is 12.5 Å². The van der Waals surface area contributed by atoms with Gasteiger partial charge in [0.1, 0.15) is 5.60 Å². The van der Waals surface area contributed by atoms with Gasteiger partial charge in [-0.25, -0.2) is 4.79 Å². The number of amides is 1. The summed E-state index contributed by atoms with van der Waals surface area (Å²) < 4.78 is 38.4. The maximum absolute atomic E-state index is 12.4. The predicted octanol–water partition coefficient (Wildman–Crippen LogP) is 1.23. The fourth-order valence-electron chi connectivity index (χ4n) is 1.94. The Labute approximate surface area is 120 Å². The Kier molecular flexibility index (Phi) is 5.76. The summed E-state index contributed by atoms with van der Waals surface area (Å²) in [6.45, 7) is 8.34. The lowest BCUT2D eigenvalue weighted by molar-refractivity contribution is 0.0146. The minimum absolute atomic E-state index is 0.269. The molecule has 0 aromatic heterocycles. The van der Waals surface area contributed by atoms with Crippen LogP contribution < -0.4 is 0 Å². The molecule has 6 nitrogen and oxygen atoms in total. The van der Waals surface area contributed by atoms with E-state index in [9.17, 15) is 17.1 Å². The number of hydrogen-bond acceptors (Lipinski definition) is 5. The Morgan fingerprint density at radius 2 is 1.75 bits per heavy atom. The lowest BCUT2D eigenvalue weighted by Gasteiger charge is -2.35. The third-order valence-electron chi connectivity index (χ3n) is 2.89. The normalized spacial score (nSPS) is 18.1. The number of carbonyl (C=O) groups excluding carboxylic acids is 1. The molecule has 1 fully saturated rings. The first-order valence-electron chi connectivity index (χ1n) is 6.69. The number of carbonyl (C=O) groups is 1. The quantitative estimate of drug-likeness (QED) is 0.731. The molecule has 0 bridgehead atoms. The average Bonchev–Trinajstić information content (AvgIpc) is 2.25. The van der Waals surface area contributed by atoms with Gasteiger partial charge in [-0.05, 0) is 33.7 Å². The van der Waals surface area contributed by atoms with E-state index < -0.39 is 21.6 Å². The monoisotopic (exact) mass is 310 g/mol. The lowest BCUT2D eigenvalue weighted by atomic mass is 10.2. The van der Waals surface area contributed by atoms with E-state index in [0.29, 0.717) is 32.7 Å². The van der Waals surface area contributed by atoms with Gasteiger partial charge in [0, 0.05) is 26.2 Å². The van der Waals surface area contributed by atoms with Crippen molar-refractivity contribution >= 4 is 16.3 Å². The molecule has 1 rings (SSSR count). The van der Waals surface area contributed by atoms with Gasteiger partial charge in [0.05, 0.1) is 5.75 Å². The van der Waals surface area contributed by atoms with E-state index in [4.69, 9.17) is 4.74 Å². The highest BCUT2D eigenvalue weighted by Gasteiger charge is 2.25. The van der Waals surface area contributed by atoms with Crippen molar-refractivity contribution < 1.29 is 21.8 Å². The molecule has 8 heteroatoms. The first-order valence-corrected chi connectivity index (χ1v) is 8.25. The minimum atomic E-state index is -4.38. The smallest absolute Gasteiger partial charge is 0.410 e. The number of piperazine rings is 1. The molecule has 0 spiro atoms. The molecule has 0 saturated carbocycles. The Balaban J connectivity index is 2.28. The van der Waals surface area contributed by atoms with Crippen LogP contribution in [-0.2, 0) is 15.0 Å². The third kappa shape index (κ3) is 7.04. The second kappa shape index (κ2) is 6.71. The second-order valence-corrected chi connectivity index (χ2v) is 7.39. The molecule has 118 valence electrons. The lowest BCUT2D eigenvalue weighted by Crippen LogP contribution is -2.50. The standard InChI is InChI=1S/C12H23FN2O4S/c1-12(2,3)19-11(16)15-8-6-14(7-9-15)5-4-10-20(13,17)18/h4-10H2,1-3H3. The average molecular weight is 310 g/mol. The zero-order chi connectivity index (χ0) is 15.4. The number of nitrogens with zero attached hydrogens (tertiary/aromatic N) is 2. The van der Waals surface area contributed by atoms with Crippen LogP contribution in [0.4, 0.5) is 8.68 Å². The topological polar surface area (TPSA) is 66.9 Å². The zero-order valence-corrected chi connectivity index (χ0v) is 13.1. The molecule has 0 radical (unpaired) electrons. The molecule has 20 heavy (non-hydrogen) atoms. The molecule has 1 saturated heterocycles. The number of hydrogen-bond donors (Lipinski definition) is 0. The van der Waals surface area contributed by atoms with E-state index in [1.807, 2.05) is 25.7 Å².